The molecule has 0 atom stereocenters. The minimum atomic E-state index is -3.65. The molecule has 0 fully saturated rings. The molecule has 0 aromatic heterocycles. The zero-order valence-corrected chi connectivity index (χ0v) is 13.8. The Bertz CT molecular complexity index is 754. The lowest BCUT2D eigenvalue weighted by Crippen LogP contribution is -2.13. The highest BCUT2D eigenvalue weighted by Gasteiger charge is 2.14. The number of thioether (sulfide) groups is 1. The van der Waals surface area contributed by atoms with Crippen molar-refractivity contribution < 1.29 is 13.2 Å². The number of anilines is 2. The van der Waals surface area contributed by atoms with Crippen LogP contribution in [0.4, 0.5) is 11.4 Å². The highest BCUT2D eigenvalue weighted by atomic mass is 32.2. The van der Waals surface area contributed by atoms with E-state index >= 15 is 0 Å². The summed E-state index contributed by atoms with van der Waals surface area (Å²) in [5.74, 6) is -0.206. The van der Waals surface area contributed by atoms with Gasteiger partial charge in [-0.3, -0.25) is 9.52 Å². The average Bonchev–Trinajstić information content (AvgIpc) is 2.47. The summed E-state index contributed by atoms with van der Waals surface area (Å²) in [6.45, 7) is 1.39. The zero-order valence-electron chi connectivity index (χ0n) is 12.2. The van der Waals surface area contributed by atoms with Crippen LogP contribution >= 0.6 is 11.8 Å². The number of carbonyl (C=O) groups excluding carboxylic acids is 1. The fourth-order valence-electron chi connectivity index (χ4n) is 1.79. The number of nitrogens with one attached hydrogen (secondary N) is 2. The number of amides is 1. The summed E-state index contributed by atoms with van der Waals surface area (Å²) in [7, 11) is -3.65. The molecule has 0 bridgehead atoms. The van der Waals surface area contributed by atoms with Gasteiger partial charge in [0, 0.05) is 23.2 Å². The van der Waals surface area contributed by atoms with Crippen molar-refractivity contribution in [1.29, 1.82) is 0 Å². The molecule has 2 N–H and O–H groups in total. The van der Waals surface area contributed by atoms with Crippen LogP contribution in [0.1, 0.15) is 6.92 Å². The zero-order chi connectivity index (χ0) is 16.2. The molecular weight excluding hydrogens is 320 g/mol. The van der Waals surface area contributed by atoms with Crippen LogP contribution < -0.4 is 10.0 Å². The lowest BCUT2D eigenvalue weighted by molar-refractivity contribution is -0.114. The van der Waals surface area contributed by atoms with Crippen LogP contribution in [-0.4, -0.2) is 20.6 Å². The first-order valence-corrected chi connectivity index (χ1v) is 9.16. The van der Waals surface area contributed by atoms with Gasteiger partial charge >= 0.3 is 0 Å². The first-order chi connectivity index (χ1) is 10.4. The summed E-state index contributed by atoms with van der Waals surface area (Å²) in [4.78, 5) is 12.1. The number of carbonyl (C=O) groups is 1. The molecular formula is C15H16N2O3S2. The standard InChI is InChI=1S/C15H16N2O3S2/c1-11(18)16-12-5-9-15(10-6-12)22(19,20)17-13-3-7-14(21-2)8-4-13/h3-10,17H,1-2H3,(H,16,18). The number of hydrogen-bond acceptors (Lipinski definition) is 4. The van der Waals surface area contributed by atoms with Gasteiger partial charge in [-0.25, -0.2) is 8.42 Å². The fourth-order valence-corrected chi connectivity index (χ4v) is 3.26. The van der Waals surface area contributed by atoms with Gasteiger partial charge in [0.15, 0.2) is 0 Å². The maximum Gasteiger partial charge on any atom is 0.261 e. The Kier molecular flexibility index (Phi) is 5.10. The van der Waals surface area contributed by atoms with Crippen LogP contribution in [-0.2, 0) is 14.8 Å². The first kappa shape index (κ1) is 16.4. The molecule has 22 heavy (non-hydrogen) atoms. The van der Waals surface area contributed by atoms with Crippen molar-refractivity contribution in [1.82, 2.24) is 0 Å². The number of benzene rings is 2. The normalized spacial score (nSPS) is 11.0. The van der Waals surface area contributed by atoms with E-state index in [1.54, 1.807) is 36.0 Å². The van der Waals surface area contributed by atoms with Crippen LogP contribution in [0.3, 0.4) is 0 Å². The topological polar surface area (TPSA) is 75.3 Å². The van der Waals surface area contributed by atoms with Crippen molar-refractivity contribution >= 4 is 39.1 Å². The highest BCUT2D eigenvalue weighted by molar-refractivity contribution is 7.98. The molecule has 0 heterocycles. The molecule has 0 spiro atoms. The summed E-state index contributed by atoms with van der Waals surface area (Å²) in [6, 6.07) is 13.1. The van der Waals surface area contributed by atoms with Crippen LogP contribution in [0, 0.1) is 0 Å². The molecule has 0 saturated carbocycles. The van der Waals surface area contributed by atoms with Gasteiger partial charge in [-0.15, -0.1) is 11.8 Å². The molecule has 2 aromatic rings. The quantitative estimate of drug-likeness (QED) is 0.823. The number of hydrogen-bond donors (Lipinski definition) is 2. The van der Waals surface area contributed by atoms with Crippen molar-refractivity contribution in [2.45, 2.75) is 16.7 Å². The van der Waals surface area contributed by atoms with Crippen LogP contribution in [0.15, 0.2) is 58.3 Å². The number of rotatable bonds is 5. The number of sulfonamides is 1. The van der Waals surface area contributed by atoms with Gasteiger partial charge in [0.25, 0.3) is 10.0 Å². The van der Waals surface area contributed by atoms with E-state index in [0.29, 0.717) is 11.4 Å². The summed E-state index contributed by atoms with van der Waals surface area (Å²) >= 11 is 1.59. The molecule has 0 aliphatic carbocycles. The molecule has 5 nitrogen and oxygen atoms in total. The second-order valence-electron chi connectivity index (χ2n) is 4.54. The first-order valence-electron chi connectivity index (χ1n) is 6.45. The summed E-state index contributed by atoms with van der Waals surface area (Å²) in [5, 5.41) is 2.59. The summed E-state index contributed by atoms with van der Waals surface area (Å²) in [5.41, 5.74) is 1.06. The molecule has 116 valence electrons. The monoisotopic (exact) mass is 336 g/mol. The fraction of sp³-hybridized carbons (Fsp3) is 0.133. The third-order valence-electron chi connectivity index (χ3n) is 2.83. The Balaban J connectivity index is 2.16. The van der Waals surface area contributed by atoms with E-state index < -0.39 is 10.0 Å². The molecule has 0 aliphatic rings. The Morgan fingerprint density at radius 1 is 0.955 bits per heavy atom. The van der Waals surface area contributed by atoms with Gasteiger partial charge in [0.2, 0.25) is 5.91 Å². The largest absolute Gasteiger partial charge is 0.326 e. The lowest BCUT2D eigenvalue weighted by Gasteiger charge is -2.09. The van der Waals surface area contributed by atoms with Crippen molar-refractivity contribution in [3.8, 4) is 0 Å². The molecule has 0 saturated heterocycles. The van der Waals surface area contributed by atoms with Crippen molar-refractivity contribution in [2.75, 3.05) is 16.3 Å². The minimum absolute atomic E-state index is 0.135. The van der Waals surface area contributed by atoms with E-state index in [9.17, 15) is 13.2 Å². The maximum atomic E-state index is 12.3. The molecule has 2 aromatic carbocycles. The smallest absolute Gasteiger partial charge is 0.261 e. The third-order valence-corrected chi connectivity index (χ3v) is 4.97. The molecule has 7 heteroatoms. The van der Waals surface area contributed by atoms with E-state index in [-0.39, 0.29) is 10.8 Å². The highest BCUT2D eigenvalue weighted by Crippen LogP contribution is 2.21. The molecule has 0 aliphatic heterocycles. The molecule has 1 amide bonds. The summed E-state index contributed by atoms with van der Waals surface area (Å²) in [6.07, 6.45) is 1.95. The van der Waals surface area contributed by atoms with Crippen LogP contribution in [0.5, 0.6) is 0 Å². The minimum Gasteiger partial charge on any atom is -0.326 e. The van der Waals surface area contributed by atoms with E-state index in [0.717, 1.165) is 4.90 Å². The molecule has 0 unspecified atom stereocenters. The second kappa shape index (κ2) is 6.85. The summed E-state index contributed by atoms with van der Waals surface area (Å²) < 4.78 is 27.1. The van der Waals surface area contributed by atoms with Gasteiger partial charge in [0.05, 0.1) is 4.90 Å². The molecule has 0 radical (unpaired) electrons. The van der Waals surface area contributed by atoms with Gasteiger partial charge in [-0.2, -0.15) is 0 Å². The Morgan fingerprint density at radius 2 is 1.50 bits per heavy atom. The predicted molar refractivity (Wildman–Crippen MR) is 89.8 cm³/mol. The molecule has 2 rings (SSSR count). The van der Waals surface area contributed by atoms with Gasteiger partial charge < -0.3 is 5.32 Å². The maximum absolute atomic E-state index is 12.3. The second-order valence-corrected chi connectivity index (χ2v) is 7.10. The van der Waals surface area contributed by atoms with Crippen LogP contribution in [0.25, 0.3) is 0 Å². The van der Waals surface area contributed by atoms with Crippen molar-refractivity contribution in [3.63, 3.8) is 0 Å². The Hall–Kier alpha value is -1.99. The van der Waals surface area contributed by atoms with Gasteiger partial charge in [-0.1, -0.05) is 0 Å². The predicted octanol–water partition coefficient (Wildman–Crippen LogP) is 3.17. The Labute approximate surface area is 134 Å². The van der Waals surface area contributed by atoms with Gasteiger partial charge in [0.1, 0.15) is 0 Å². The van der Waals surface area contributed by atoms with Crippen molar-refractivity contribution in [2.24, 2.45) is 0 Å². The van der Waals surface area contributed by atoms with E-state index in [1.165, 1.54) is 19.1 Å². The van der Waals surface area contributed by atoms with Crippen LogP contribution in [0.2, 0.25) is 0 Å². The third kappa shape index (κ3) is 4.25. The van der Waals surface area contributed by atoms with E-state index in [2.05, 4.69) is 10.0 Å². The SMILES string of the molecule is CSc1ccc(NS(=O)(=O)c2ccc(NC(C)=O)cc2)cc1. The van der Waals surface area contributed by atoms with E-state index in [1.807, 2.05) is 18.4 Å². The lowest BCUT2D eigenvalue weighted by atomic mass is 10.3. The van der Waals surface area contributed by atoms with E-state index in [4.69, 9.17) is 0 Å². The van der Waals surface area contributed by atoms with Gasteiger partial charge in [-0.05, 0) is 54.8 Å². The van der Waals surface area contributed by atoms with Crippen molar-refractivity contribution in [3.05, 3.63) is 48.5 Å². The average molecular weight is 336 g/mol. The Morgan fingerprint density at radius 3 is 2.00 bits per heavy atom.